The van der Waals surface area contributed by atoms with Crippen molar-refractivity contribution < 1.29 is 28.2 Å². The monoisotopic (exact) mass is 1130 g/mol. The van der Waals surface area contributed by atoms with E-state index in [1.54, 1.807) is 12.3 Å². The Hall–Kier alpha value is -7.33. The molecule has 5 nitrogen and oxygen atoms in total. The molecule has 8 aromatic carbocycles. The second kappa shape index (κ2) is 18.3. The van der Waals surface area contributed by atoms with E-state index in [4.69, 9.17) is 13.8 Å². The van der Waals surface area contributed by atoms with Crippen LogP contribution in [0.15, 0.2) is 194 Å². The number of hydrogen-bond acceptors (Lipinski definition) is 2. The van der Waals surface area contributed by atoms with Crippen molar-refractivity contribution in [3.63, 3.8) is 0 Å². The molecule has 0 N–H and O–H groups in total. The Labute approximate surface area is 444 Å². The first-order valence-corrected chi connectivity index (χ1v) is 26.6. The molecule has 0 aliphatic heterocycles. The van der Waals surface area contributed by atoms with Crippen LogP contribution >= 0.6 is 0 Å². The Kier molecular flexibility index (Phi) is 10.8. The van der Waals surface area contributed by atoms with Gasteiger partial charge in [-0.2, -0.15) is 0 Å². The first kappa shape index (κ1) is 43.3. The fourth-order valence-corrected chi connectivity index (χ4v) is 12.2. The second-order valence-corrected chi connectivity index (χ2v) is 22.7. The Morgan fingerprint density at radius 1 is 0.548 bits per heavy atom. The molecule has 6 heteroatoms. The van der Waals surface area contributed by atoms with E-state index in [0.29, 0.717) is 17.1 Å². The molecule has 364 valence electrons. The number of hydrogen-bond donors (Lipinski definition) is 0. The molecule has 0 radical (unpaired) electrons. The van der Waals surface area contributed by atoms with Gasteiger partial charge in [0, 0.05) is 15.9 Å². The van der Waals surface area contributed by atoms with Gasteiger partial charge in [0.15, 0.2) is 0 Å². The predicted octanol–water partition coefficient (Wildman–Crippen LogP) is 17.6. The number of aryl methyl sites for hydroxylation is 2. The van der Waals surface area contributed by atoms with Crippen LogP contribution < -0.4 is 4.74 Å². The van der Waals surface area contributed by atoms with E-state index in [-0.39, 0.29) is 22.4 Å². The molecule has 11 aromatic rings. The van der Waals surface area contributed by atoms with Gasteiger partial charge in [0.2, 0.25) is 0 Å². The van der Waals surface area contributed by atoms with E-state index < -0.39 is 6.85 Å². The van der Waals surface area contributed by atoms with Crippen molar-refractivity contribution in [1.82, 2.24) is 18.7 Å². The molecule has 3 aromatic heterocycles. The van der Waals surface area contributed by atoms with Gasteiger partial charge in [-0.3, -0.25) is 0 Å². The molecule has 12 rings (SSSR count). The summed E-state index contributed by atoms with van der Waals surface area (Å²) in [4.78, 5) is 5.01. The number of imidazole rings is 1. The molecule has 3 heterocycles. The minimum Gasteiger partial charge on any atom is -0.238 e. The summed E-state index contributed by atoms with van der Waals surface area (Å²) in [5.74, 6) is 1.96. The number of aromatic nitrogens is 4. The average molecular weight is 1140 g/mol. The third-order valence-corrected chi connectivity index (χ3v) is 15.9. The van der Waals surface area contributed by atoms with Crippen LogP contribution in [0.25, 0.3) is 77.7 Å². The van der Waals surface area contributed by atoms with Gasteiger partial charge in [0.1, 0.15) is 0 Å². The van der Waals surface area contributed by atoms with Crippen molar-refractivity contribution in [3.05, 3.63) is 226 Å². The molecule has 1 aliphatic rings. The van der Waals surface area contributed by atoms with Crippen LogP contribution in [0.5, 0.6) is 11.5 Å². The summed E-state index contributed by atoms with van der Waals surface area (Å²) >= 11 is 2.59. The maximum Gasteiger partial charge on any atom is 0.0374 e. The topological polar surface area (TPSA) is 36.9 Å². The molecular formula is C67H60N4OPt. The third kappa shape index (κ3) is 8.42. The summed E-state index contributed by atoms with van der Waals surface area (Å²) in [6.07, 6.45) is 4.75. The average Bonchev–Trinajstić information content (AvgIpc) is 3.90. The van der Waals surface area contributed by atoms with Gasteiger partial charge in [-0.1, -0.05) is 63.2 Å². The van der Waals surface area contributed by atoms with E-state index in [1.807, 2.05) is 30.3 Å². The second-order valence-electron chi connectivity index (χ2n) is 21.7. The normalized spacial score (nSPS) is 14.8. The fraction of sp³-hybridized carbons (Fsp3) is 0.194. The van der Waals surface area contributed by atoms with Crippen molar-refractivity contribution in [2.75, 3.05) is 0 Å². The van der Waals surface area contributed by atoms with Gasteiger partial charge in [-0.05, 0) is 41.1 Å². The van der Waals surface area contributed by atoms with E-state index in [0.717, 1.165) is 67.4 Å². The molecule has 0 bridgehead atoms. The van der Waals surface area contributed by atoms with Gasteiger partial charge < -0.3 is 0 Å². The number of pyridine rings is 1. The molecule has 0 amide bonds. The van der Waals surface area contributed by atoms with Gasteiger partial charge >= 0.3 is 321 Å². The zero-order valence-corrected chi connectivity index (χ0v) is 44.5. The standard InChI is InChI=1S/C67H60N4O.Pt/c1-44-37-64(68-42-58(44)48-29-32-49(33-30-48)66(2,3)4)71-60-25-15-14-24-53(60)54-36-35-52(41-63(54)71)72-51-34-31-47-23-18-28-59(55(47)40-51)69-43-70(62-27-17-16-26-61(62)69)65-56(45-19-10-8-11-20-45)38-50(67(5,6)7)39-57(65)46-21-12-9-13-22-46;/h8-17,19-22,24-27,29-42,59H,18,23,28H2,1-7H3;/i1D3;. The first-order valence-electron chi connectivity index (χ1n) is 26.9. The summed E-state index contributed by atoms with van der Waals surface area (Å²) in [6, 6.07) is 66.4. The number of nitrogens with zero attached hydrogens (tertiary/aromatic N) is 4. The summed E-state index contributed by atoms with van der Waals surface area (Å²) in [6.45, 7) is 11.0. The molecule has 0 spiro atoms. The first-order chi connectivity index (χ1) is 36.5. The van der Waals surface area contributed by atoms with E-state index >= 15 is 0 Å². The summed E-state index contributed by atoms with van der Waals surface area (Å²) < 4.78 is 41.4. The molecular weight excluding hydrogens is 1070 g/mol. The van der Waals surface area contributed by atoms with Crippen LogP contribution in [-0.4, -0.2) is 18.7 Å². The van der Waals surface area contributed by atoms with Crippen LogP contribution in [0.2, 0.25) is 0 Å². The van der Waals surface area contributed by atoms with Crippen molar-refractivity contribution in [1.29, 1.82) is 0 Å². The predicted molar refractivity (Wildman–Crippen MR) is 299 cm³/mol. The van der Waals surface area contributed by atoms with Crippen LogP contribution in [-0.2, 0) is 36.6 Å². The van der Waals surface area contributed by atoms with Crippen molar-refractivity contribution in [3.8, 4) is 56.4 Å². The van der Waals surface area contributed by atoms with Crippen molar-refractivity contribution in [2.24, 2.45) is 0 Å². The Balaban J connectivity index is 0.966. The molecule has 0 saturated carbocycles. The van der Waals surface area contributed by atoms with Gasteiger partial charge in [0.25, 0.3) is 0 Å². The van der Waals surface area contributed by atoms with Crippen LogP contribution in [0.4, 0.5) is 0 Å². The largest absolute Gasteiger partial charge is 0.238 e. The molecule has 1 aliphatic carbocycles. The molecule has 1 unspecified atom stereocenters. The van der Waals surface area contributed by atoms with Crippen LogP contribution in [0.1, 0.15) is 92.4 Å². The van der Waals surface area contributed by atoms with Crippen LogP contribution in [0.3, 0.4) is 0 Å². The third-order valence-electron chi connectivity index (χ3n) is 14.9. The van der Waals surface area contributed by atoms with Gasteiger partial charge in [-0.25, -0.2) is 4.98 Å². The smallest absolute Gasteiger partial charge is 0.0374 e. The number of ether oxygens (including phenoxy) is 1. The molecule has 73 heavy (non-hydrogen) atoms. The summed E-state index contributed by atoms with van der Waals surface area (Å²) in [7, 11) is 0. The molecule has 0 fully saturated rings. The summed E-state index contributed by atoms with van der Waals surface area (Å²) in [5, 5.41) is 2.07. The van der Waals surface area contributed by atoms with Crippen LogP contribution in [0, 0.1) is 10.7 Å². The van der Waals surface area contributed by atoms with Crippen molar-refractivity contribution in [2.45, 2.75) is 84.5 Å². The fourth-order valence-electron chi connectivity index (χ4n) is 11.1. The molecule has 1 atom stereocenters. The minimum atomic E-state index is -2.38. The maximum atomic E-state index is 8.72. The van der Waals surface area contributed by atoms with Gasteiger partial charge in [0.05, 0.1) is 0 Å². The van der Waals surface area contributed by atoms with E-state index in [1.165, 1.54) is 50.0 Å². The maximum absolute atomic E-state index is 8.72. The number of para-hydroxylation sites is 3. The zero-order valence-electron chi connectivity index (χ0n) is 45.2. The van der Waals surface area contributed by atoms with Gasteiger partial charge in [-0.15, -0.1) is 0 Å². The Morgan fingerprint density at radius 2 is 1.14 bits per heavy atom. The summed E-state index contributed by atoms with van der Waals surface area (Å²) in [5.41, 5.74) is 16.7. The van der Waals surface area contributed by atoms with E-state index in [2.05, 4.69) is 226 Å². The molecule has 0 saturated heterocycles. The SMILES string of the molecule is [2H]C([2H])([2H])c1cc(-n2c3ccccc3c3ccc(Oc4ccc5c(c4)C(n4[c](=[Pt])n(-c6c(-c7ccccc7)cc(C(C)(C)C)cc6-c6ccccc6)c6ccccc64)CCC5)cc32)ncc1-c1ccc(C(C)(C)C)cc1. The Morgan fingerprint density at radius 3 is 1.81 bits per heavy atom. The number of benzene rings is 8. The number of rotatable bonds is 8. The van der Waals surface area contributed by atoms with E-state index in [9.17, 15) is 0 Å². The number of fused-ring (bicyclic) bond motifs is 5. The zero-order chi connectivity index (χ0) is 52.7. The quantitative estimate of drug-likeness (QED) is 0.152. The minimum absolute atomic E-state index is 0.0295. The Bertz CT molecular complexity index is 4020. The van der Waals surface area contributed by atoms with Crippen molar-refractivity contribution >= 4 is 32.8 Å².